The Balaban J connectivity index is 1.60. The molecule has 0 atom stereocenters. The number of fused-ring (bicyclic) bond motifs is 1. The van der Waals surface area contributed by atoms with E-state index in [4.69, 9.17) is 15.2 Å². The fourth-order valence-corrected chi connectivity index (χ4v) is 4.55. The topological polar surface area (TPSA) is 83.6 Å². The number of nitrogens with two attached hydrogens (primary N) is 1. The highest BCUT2D eigenvalue weighted by Crippen LogP contribution is 2.33. The Morgan fingerprint density at radius 2 is 1.66 bits per heavy atom. The second-order valence-electron chi connectivity index (χ2n) is 8.86. The van der Waals surface area contributed by atoms with E-state index < -0.39 is 5.97 Å². The number of esters is 2. The van der Waals surface area contributed by atoms with E-state index in [9.17, 15) is 9.59 Å². The van der Waals surface area contributed by atoms with Crippen molar-refractivity contribution in [1.29, 1.82) is 0 Å². The van der Waals surface area contributed by atoms with E-state index in [2.05, 4.69) is 10.6 Å². The van der Waals surface area contributed by atoms with Crippen LogP contribution in [0.5, 0.6) is 5.75 Å². The molecule has 0 fully saturated rings. The number of hydrogen-bond donors (Lipinski definition) is 1. The molecule has 4 aromatic carbocycles. The zero-order valence-electron chi connectivity index (χ0n) is 21.1. The van der Waals surface area contributed by atoms with Gasteiger partial charge in [-0.25, -0.2) is 4.79 Å². The first-order chi connectivity index (χ1) is 18.6. The minimum Gasteiger partial charge on any atom is -0.466 e. The second kappa shape index (κ2) is 11.2. The minimum atomic E-state index is -0.514. The summed E-state index contributed by atoms with van der Waals surface area (Å²) in [6.45, 7) is 2.46. The summed E-state index contributed by atoms with van der Waals surface area (Å²) >= 11 is 0. The van der Waals surface area contributed by atoms with Gasteiger partial charge in [0, 0.05) is 29.4 Å². The number of nitrogens with zero attached hydrogens (tertiary/aromatic N) is 1. The molecule has 5 rings (SSSR count). The molecular weight excluding hydrogens is 476 g/mol. The van der Waals surface area contributed by atoms with E-state index in [0.717, 1.165) is 33.3 Å². The molecule has 0 amide bonds. The number of benzene rings is 4. The van der Waals surface area contributed by atoms with Crippen molar-refractivity contribution in [3.05, 3.63) is 120 Å². The third-order valence-corrected chi connectivity index (χ3v) is 6.37. The monoisotopic (exact) mass is 504 g/mol. The second-order valence-corrected chi connectivity index (χ2v) is 8.86. The van der Waals surface area contributed by atoms with E-state index >= 15 is 0 Å². The molecule has 6 heteroatoms. The van der Waals surface area contributed by atoms with Gasteiger partial charge in [-0.1, -0.05) is 54.6 Å². The van der Waals surface area contributed by atoms with E-state index in [1.807, 2.05) is 72.9 Å². The molecule has 0 bridgehead atoms. The molecule has 0 aliphatic rings. The van der Waals surface area contributed by atoms with Crippen LogP contribution in [0.1, 0.15) is 28.4 Å². The molecule has 1 heterocycles. The van der Waals surface area contributed by atoms with Gasteiger partial charge in [-0.2, -0.15) is 0 Å². The third kappa shape index (κ3) is 5.21. The van der Waals surface area contributed by atoms with E-state index in [-0.39, 0.29) is 19.0 Å². The van der Waals surface area contributed by atoms with Crippen molar-refractivity contribution in [3.63, 3.8) is 0 Å². The van der Waals surface area contributed by atoms with Gasteiger partial charge in [-0.05, 0) is 66.1 Å². The van der Waals surface area contributed by atoms with Gasteiger partial charge in [-0.3, -0.25) is 4.79 Å². The molecule has 0 saturated heterocycles. The van der Waals surface area contributed by atoms with Gasteiger partial charge in [0.1, 0.15) is 5.75 Å². The Labute approximate surface area is 221 Å². The van der Waals surface area contributed by atoms with E-state index in [1.54, 1.807) is 31.2 Å². The number of aromatic nitrogens is 1. The average molecular weight is 505 g/mol. The van der Waals surface area contributed by atoms with Gasteiger partial charge in [0.2, 0.25) is 0 Å². The standard InChI is InChI=1S/C32H28N2O4/c1-2-37-31(35)20-24-10-6-7-14-30(24)38-32(36)25-18-28(23-11-8-9-22(17-23)21-33)27-15-16-34(29(27)19-25)26-12-4-3-5-13-26/h3-19H,2,20-21,33H2,1H3. The Kier molecular flexibility index (Phi) is 7.33. The maximum atomic E-state index is 13.5. The maximum Gasteiger partial charge on any atom is 0.343 e. The van der Waals surface area contributed by atoms with Crippen molar-refractivity contribution in [3.8, 4) is 22.6 Å². The lowest BCUT2D eigenvalue weighted by molar-refractivity contribution is -0.142. The summed E-state index contributed by atoms with van der Waals surface area (Å²) in [7, 11) is 0. The van der Waals surface area contributed by atoms with Crippen LogP contribution in [0.4, 0.5) is 0 Å². The zero-order chi connectivity index (χ0) is 26.5. The van der Waals surface area contributed by atoms with Crippen LogP contribution in [0.3, 0.4) is 0 Å². The van der Waals surface area contributed by atoms with E-state index in [0.29, 0.717) is 23.4 Å². The summed E-state index contributed by atoms with van der Waals surface area (Å²) in [4.78, 5) is 25.6. The summed E-state index contributed by atoms with van der Waals surface area (Å²) in [5.41, 5.74) is 11.6. The van der Waals surface area contributed by atoms with Crippen LogP contribution in [0, 0.1) is 0 Å². The molecule has 0 aliphatic heterocycles. The predicted molar refractivity (Wildman–Crippen MR) is 148 cm³/mol. The molecule has 6 nitrogen and oxygen atoms in total. The van der Waals surface area contributed by atoms with Crippen LogP contribution in [-0.2, 0) is 22.5 Å². The Hall–Kier alpha value is -4.68. The van der Waals surface area contributed by atoms with E-state index in [1.165, 1.54) is 0 Å². The summed E-state index contributed by atoms with van der Waals surface area (Å²) in [5.74, 6) is -0.559. The lowest BCUT2D eigenvalue weighted by Crippen LogP contribution is -2.13. The molecule has 190 valence electrons. The van der Waals surface area contributed by atoms with Crippen LogP contribution in [0.2, 0.25) is 0 Å². The smallest absolute Gasteiger partial charge is 0.343 e. The molecular formula is C32H28N2O4. The zero-order valence-corrected chi connectivity index (χ0v) is 21.1. The van der Waals surface area contributed by atoms with Crippen LogP contribution in [0.15, 0.2) is 103 Å². The number of rotatable bonds is 8. The van der Waals surface area contributed by atoms with Crippen molar-refractivity contribution in [1.82, 2.24) is 4.57 Å². The van der Waals surface area contributed by atoms with Crippen molar-refractivity contribution < 1.29 is 19.1 Å². The first-order valence-corrected chi connectivity index (χ1v) is 12.5. The molecule has 2 N–H and O–H groups in total. The molecule has 0 saturated carbocycles. The SMILES string of the molecule is CCOC(=O)Cc1ccccc1OC(=O)c1cc(-c2cccc(CN)c2)c2ccn(-c3ccccc3)c2c1. The molecule has 0 radical (unpaired) electrons. The van der Waals surface area contributed by atoms with Crippen molar-refractivity contribution in [2.75, 3.05) is 6.61 Å². The first kappa shape index (κ1) is 25.0. The Morgan fingerprint density at radius 3 is 2.45 bits per heavy atom. The molecule has 0 unspecified atom stereocenters. The van der Waals surface area contributed by atoms with Crippen molar-refractivity contribution in [2.45, 2.75) is 19.9 Å². The van der Waals surface area contributed by atoms with Crippen molar-refractivity contribution >= 4 is 22.8 Å². The lowest BCUT2D eigenvalue weighted by Gasteiger charge is -2.13. The number of carbonyl (C=O) groups is 2. The number of ether oxygens (including phenoxy) is 2. The molecule has 1 aromatic heterocycles. The number of hydrogen-bond acceptors (Lipinski definition) is 5. The Morgan fingerprint density at radius 1 is 0.868 bits per heavy atom. The normalized spacial score (nSPS) is 10.9. The number of para-hydroxylation sites is 2. The van der Waals surface area contributed by atoms with Gasteiger partial charge in [0.25, 0.3) is 0 Å². The average Bonchev–Trinajstić information content (AvgIpc) is 3.38. The highest BCUT2D eigenvalue weighted by Gasteiger charge is 2.19. The molecule has 0 spiro atoms. The van der Waals surface area contributed by atoms with Gasteiger partial charge in [-0.15, -0.1) is 0 Å². The highest BCUT2D eigenvalue weighted by molar-refractivity contribution is 6.03. The van der Waals surface area contributed by atoms with Gasteiger partial charge in [0.05, 0.1) is 24.1 Å². The van der Waals surface area contributed by atoms with Crippen LogP contribution < -0.4 is 10.5 Å². The highest BCUT2D eigenvalue weighted by atomic mass is 16.5. The first-order valence-electron chi connectivity index (χ1n) is 12.5. The summed E-state index contributed by atoms with van der Waals surface area (Å²) in [5, 5.41) is 1.00. The molecule has 0 aliphatic carbocycles. The van der Waals surface area contributed by atoms with Crippen LogP contribution >= 0.6 is 0 Å². The van der Waals surface area contributed by atoms with Gasteiger partial charge < -0.3 is 19.8 Å². The van der Waals surface area contributed by atoms with Gasteiger partial charge >= 0.3 is 11.9 Å². The lowest BCUT2D eigenvalue weighted by atomic mass is 9.97. The van der Waals surface area contributed by atoms with Crippen molar-refractivity contribution in [2.24, 2.45) is 5.73 Å². The third-order valence-electron chi connectivity index (χ3n) is 6.37. The molecule has 5 aromatic rings. The largest absolute Gasteiger partial charge is 0.466 e. The van der Waals surface area contributed by atoms with Crippen LogP contribution in [-0.4, -0.2) is 23.1 Å². The fraction of sp³-hybridized carbons (Fsp3) is 0.125. The van der Waals surface area contributed by atoms with Crippen LogP contribution in [0.25, 0.3) is 27.7 Å². The predicted octanol–water partition coefficient (Wildman–Crippen LogP) is 6.08. The number of carbonyl (C=O) groups excluding carboxylic acids is 2. The molecule has 38 heavy (non-hydrogen) atoms. The summed E-state index contributed by atoms with van der Waals surface area (Å²) in [6.07, 6.45) is 2.02. The maximum absolute atomic E-state index is 13.5. The van der Waals surface area contributed by atoms with Gasteiger partial charge in [0.15, 0.2) is 0 Å². The Bertz CT molecular complexity index is 1600. The fourth-order valence-electron chi connectivity index (χ4n) is 4.55. The summed E-state index contributed by atoms with van der Waals surface area (Å²) < 4.78 is 13.0. The quantitative estimate of drug-likeness (QED) is 0.205. The minimum absolute atomic E-state index is 0.0182. The summed E-state index contributed by atoms with van der Waals surface area (Å²) in [6, 6.07) is 30.7.